The van der Waals surface area contributed by atoms with E-state index in [0.29, 0.717) is 0 Å². The van der Waals surface area contributed by atoms with Gasteiger partial charge in [0.2, 0.25) is 0 Å². The highest BCUT2D eigenvalue weighted by molar-refractivity contribution is 7.13. The number of hydrogen-bond acceptors (Lipinski definition) is 2. The van der Waals surface area contributed by atoms with E-state index in [1.165, 1.54) is 16.0 Å². The summed E-state index contributed by atoms with van der Waals surface area (Å²) in [5.41, 5.74) is 3.46. The summed E-state index contributed by atoms with van der Waals surface area (Å²) >= 11 is 1.72. The first-order chi connectivity index (χ1) is 9.43. The van der Waals surface area contributed by atoms with Crippen LogP contribution in [0.3, 0.4) is 0 Å². The number of benzene rings is 1. The van der Waals surface area contributed by atoms with Crippen LogP contribution in [-0.4, -0.2) is 4.98 Å². The number of hydrogen-bond donors (Lipinski definition) is 0. The van der Waals surface area contributed by atoms with Crippen molar-refractivity contribution in [1.29, 1.82) is 0 Å². The first-order valence-electron chi connectivity index (χ1n) is 6.15. The van der Waals surface area contributed by atoms with Crippen molar-refractivity contribution in [3.63, 3.8) is 0 Å². The second-order valence-corrected chi connectivity index (χ2v) is 5.08. The van der Waals surface area contributed by atoms with Crippen molar-refractivity contribution in [3.8, 4) is 10.6 Å². The van der Waals surface area contributed by atoms with Gasteiger partial charge < -0.3 is 0 Å². The third kappa shape index (κ3) is 2.80. The summed E-state index contributed by atoms with van der Waals surface area (Å²) in [5, 5.41) is 2.11. The van der Waals surface area contributed by atoms with Crippen molar-refractivity contribution in [2.45, 2.75) is 0 Å². The van der Waals surface area contributed by atoms with Gasteiger partial charge in [0.15, 0.2) is 0 Å². The van der Waals surface area contributed by atoms with Gasteiger partial charge in [0.05, 0.1) is 10.6 Å². The lowest BCUT2D eigenvalue weighted by molar-refractivity contribution is 1.34. The number of aromatic nitrogens is 1. The Labute approximate surface area is 116 Å². The zero-order valence-corrected chi connectivity index (χ0v) is 11.2. The van der Waals surface area contributed by atoms with Crippen LogP contribution in [0, 0.1) is 0 Å². The molecule has 0 spiro atoms. The third-order valence-electron chi connectivity index (χ3n) is 2.85. The molecule has 0 aliphatic heterocycles. The van der Waals surface area contributed by atoms with E-state index in [1.807, 2.05) is 42.6 Å². The molecule has 1 nitrogen and oxygen atoms in total. The minimum atomic E-state index is 1.03. The average molecular weight is 263 g/mol. The molecular weight excluding hydrogens is 250 g/mol. The Bertz CT molecular complexity index is 669. The van der Waals surface area contributed by atoms with E-state index in [2.05, 4.69) is 40.7 Å². The highest BCUT2D eigenvalue weighted by Gasteiger charge is 2.04. The Morgan fingerprint density at radius 1 is 0.842 bits per heavy atom. The molecule has 1 aromatic carbocycles. The molecule has 2 heterocycles. The molecule has 0 fully saturated rings. The van der Waals surface area contributed by atoms with Gasteiger partial charge in [-0.1, -0.05) is 48.6 Å². The maximum absolute atomic E-state index is 4.41. The van der Waals surface area contributed by atoms with Crippen molar-refractivity contribution in [3.05, 3.63) is 77.3 Å². The van der Waals surface area contributed by atoms with E-state index in [0.717, 1.165) is 5.69 Å². The van der Waals surface area contributed by atoms with E-state index in [1.54, 1.807) is 11.3 Å². The Morgan fingerprint density at radius 3 is 2.47 bits per heavy atom. The first-order valence-corrected chi connectivity index (χ1v) is 7.03. The Morgan fingerprint density at radius 2 is 1.68 bits per heavy atom. The molecule has 0 saturated heterocycles. The van der Waals surface area contributed by atoms with Gasteiger partial charge in [-0.25, -0.2) is 0 Å². The van der Waals surface area contributed by atoms with Gasteiger partial charge >= 0.3 is 0 Å². The number of thiophene rings is 1. The summed E-state index contributed by atoms with van der Waals surface area (Å²) in [7, 11) is 0. The number of rotatable bonds is 3. The summed E-state index contributed by atoms with van der Waals surface area (Å²) in [6, 6.07) is 18.5. The zero-order valence-electron chi connectivity index (χ0n) is 10.4. The van der Waals surface area contributed by atoms with Gasteiger partial charge in [0.25, 0.3) is 0 Å². The van der Waals surface area contributed by atoms with Crippen LogP contribution in [0.4, 0.5) is 0 Å². The van der Waals surface area contributed by atoms with Crippen LogP contribution in [0.15, 0.2) is 66.2 Å². The van der Waals surface area contributed by atoms with Gasteiger partial charge in [-0.2, -0.15) is 0 Å². The predicted octanol–water partition coefficient (Wildman–Crippen LogP) is 4.98. The fourth-order valence-electron chi connectivity index (χ4n) is 1.91. The van der Waals surface area contributed by atoms with Crippen molar-refractivity contribution in [2.75, 3.05) is 0 Å². The summed E-state index contributed by atoms with van der Waals surface area (Å²) in [5.74, 6) is 0. The summed E-state index contributed by atoms with van der Waals surface area (Å²) in [4.78, 5) is 5.63. The molecule has 0 bridgehead atoms. The molecule has 0 N–H and O–H groups in total. The molecule has 0 unspecified atom stereocenters. The molecule has 0 aliphatic rings. The SMILES string of the molecule is C(=C\c1ccsc1-c1ccccn1)/c1ccccc1. The van der Waals surface area contributed by atoms with Crippen LogP contribution < -0.4 is 0 Å². The third-order valence-corrected chi connectivity index (χ3v) is 3.80. The number of pyridine rings is 1. The van der Waals surface area contributed by atoms with Crippen molar-refractivity contribution in [2.24, 2.45) is 0 Å². The normalized spacial score (nSPS) is 10.9. The minimum absolute atomic E-state index is 1.03. The summed E-state index contributed by atoms with van der Waals surface area (Å²) in [6.45, 7) is 0. The Balaban J connectivity index is 1.91. The molecule has 3 rings (SSSR count). The quantitative estimate of drug-likeness (QED) is 0.649. The molecule has 19 heavy (non-hydrogen) atoms. The standard InChI is InChI=1S/C17H13NS/c1-2-6-14(7-3-1)9-10-15-11-13-19-17(15)16-8-4-5-12-18-16/h1-13H/b10-9+. The maximum atomic E-state index is 4.41. The minimum Gasteiger partial charge on any atom is -0.255 e. The fourth-order valence-corrected chi connectivity index (χ4v) is 2.77. The molecule has 2 heteroatoms. The molecule has 0 amide bonds. The molecule has 3 aromatic rings. The summed E-state index contributed by atoms with van der Waals surface area (Å²) < 4.78 is 0. The summed E-state index contributed by atoms with van der Waals surface area (Å²) in [6.07, 6.45) is 6.12. The largest absolute Gasteiger partial charge is 0.255 e. The van der Waals surface area contributed by atoms with Crippen LogP contribution in [-0.2, 0) is 0 Å². The molecule has 92 valence electrons. The Kier molecular flexibility index (Phi) is 3.52. The maximum Gasteiger partial charge on any atom is 0.0807 e. The smallest absolute Gasteiger partial charge is 0.0807 e. The molecule has 0 atom stereocenters. The van der Waals surface area contributed by atoms with Crippen molar-refractivity contribution >= 4 is 23.5 Å². The lowest BCUT2D eigenvalue weighted by Crippen LogP contribution is -1.80. The van der Waals surface area contributed by atoms with Gasteiger partial charge in [0, 0.05) is 6.20 Å². The van der Waals surface area contributed by atoms with Gasteiger partial charge in [-0.05, 0) is 34.7 Å². The van der Waals surface area contributed by atoms with Crippen LogP contribution in [0.25, 0.3) is 22.7 Å². The molecule has 2 aromatic heterocycles. The topological polar surface area (TPSA) is 12.9 Å². The highest BCUT2D eigenvalue weighted by Crippen LogP contribution is 2.29. The van der Waals surface area contributed by atoms with Crippen LogP contribution >= 0.6 is 11.3 Å². The van der Waals surface area contributed by atoms with E-state index in [4.69, 9.17) is 0 Å². The second kappa shape index (κ2) is 5.63. The van der Waals surface area contributed by atoms with Crippen LogP contribution in [0.5, 0.6) is 0 Å². The van der Waals surface area contributed by atoms with Gasteiger partial charge in [-0.3, -0.25) is 4.98 Å². The molecule has 0 aliphatic carbocycles. The number of nitrogens with zero attached hydrogens (tertiary/aromatic N) is 1. The monoisotopic (exact) mass is 263 g/mol. The van der Waals surface area contributed by atoms with E-state index < -0.39 is 0 Å². The van der Waals surface area contributed by atoms with Gasteiger partial charge in [0.1, 0.15) is 0 Å². The lowest BCUT2D eigenvalue weighted by atomic mass is 10.1. The van der Waals surface area contributed by atoms with Crippen molar-refractivity contribution in [1.82, 2.24) is 4.98 Å². The van der Waals surface area contributed by atoms with Crippen molar-refractivity contribution < 1.29 is 0 Å². The first kappa shape index (κ1) is 11.9. The van der Waals surface area contributed by atoms with Crippen LogP contribution in [0.1, 0.15) is 11.1 Å². The van der Waals surface area contributed by atoms with E-state index in [9.17, 15) is 0 Å². The van der Waals surface area contributed by atoms with E-state index >= 15 is 0 Å². The second-order valence-electron chi connectivity index (χ2n) is 4.16. The van der Waals surface area contributed by atoms with E-state index in [-0.39, 0.29) is 0 Å². The van der Waals surface area contributed by atoms with Crippen LogP contribution in [0.2, 0.25) is 0 Å². The lowest BCUT2D eigenvalue weighted by Gasteiger charge is -1.98. The van der Waals surface area contributed by atoms with Gasteiger partial charge in [-0.15, -0.1) is 11.3 Å². The molecule has 0 saturated carbocycles. The highest BCUT2D eigenvalue weighted by atomic mass is 32.1. The Hall–Kier alpha value is -2.19. The molecular formula is C17H13NS. The predicted molar refractivity (Wildman–Crippen MR) is 82.9 cm³/mol. The fraction of sp³-hybridized carbons (Fsp3) is 0. The average Bonchev–Trinajstić information content (AvgIpc) is 2.95. The molecule has 0 radical (unpaired) electrons. The zero-order chi connectivity index (χ0) is 12.9.